The first-order chi connectivity index (χ1) is 11.5. The number of hydrogen-bond donors (Lipinski definition) is 2. The molecule has 1 aromatic heterocycles. The number of carbonyl (C=O) groups is 2. The zero-order chi connectivity index (χ0) is 17.2. The lowest BCUT2D eigenvalue weighted by atomic mass is 10.0. The molecule has 1 aliphatic carbocycles. The number of anilines is 1. The van der Waals surface area contributed by atoms with E-state index >= 15 is 0 Å². The number of aromatic nitrogens is 1. The Labute approximate surface area is 140 Å². The third kappa shape index (κ3) is 3.14. The van der Waals surface area contributed by atoms with Gasteiger partial charge in [0.25, 0.3) is 5.91 Å². The second kappa shape index (κ2) is 6.65. The highest BCUT2D eigenvalue weighted by molar-refractivity contribution is 5.99. The van der Waals surface area contributed by atoms with Gasteiger partial charge in [-0.3, -0.25) is 9.59 Å². The van der Waals surface area contributed by atoms with Gasteiger partial charge in [-0.25, -0.2) is 0 Å². The average Bonchev–Trinajstić information content (AvgIpc) is 3.15. The van der Waals surface area contributed by atoms with E-state index in [1.165, 1.54) is 0 Å². The van der Waals surface area contributed by atoms with E-state index in [0.717, 1.165) is 36.6 Å². The molecule has 128 valence electrons. The largest absolute Gasteiger partial charge is 0.480 e. The summed E-state index contributed by atoms with van der Waals surface area (Å²) in [5.74, 6) is -0.976. The molecule has 0 aliphatic heterocycles. The van der Waals surface area contributed by atoms with Gasteiger partial charge in [-0.1, -0.05) is 0 Å². The molecule has 0 spiro atoms. The molecular formula is C18H22N2O4. The van der Waals surface area contributed by atoms with Gasteiger partial charge in [-0.05, 0) is 56.9 Å². The highest BCUT2D eigenvalue weighted by Crippen LogP contribution is 2.34. The Morgan fingerprint density at radius 3 is 2.71 bits per heavy atom. The van der Waals surface area contributed by atoms with E-state index in [1.54, 1.807) is 16.8 Å². The highest BCUT2D eigenvalue weighted by Gasteiger charge is 2.41. The Morgan fingerprint density at radius 2 is 2.04 bits per heavy atom. The minimum Gasteiger partial charge on any atom is -0.480 e. The molecule has 0 bridgehead atoms. The fourth-order valence-corrected chi connectivity index (χ4v) is 3.47. The van der Waals surface area contributed by atoms with Gasteiger partial charge in [0.1, 0.15) is 12.1 Å². The van der Waals surface area contributed by atoms with Gasteiger partial charge in [0.05, 0.1) is 0 Å². The van der Waals surface area contributed by atoms with Crippen LogP contribution in [0.25, 0.3) is 10.9 Å². The van der Waals surface area contributed by atoms with E-state index < -0.39 is 11.6 Å². The Kier molecular flexibility index (Phi) is 4.57. The quantitative estimate of drug-likeness (QED) is 0.853. The van der Waals surface area contributed by atoms with Gasteiger partial charge in [-0.2, -0.15) is 0 Å². The number of rotatable bonds is 6. The number of nitrogens with zero attached hydrogens (tertiary/aromatic N) is 1. The standard InChI is InChI=1S/C18H22N2O4/c1-2-24-18(8-3-4-9-18)17(23)19-14-5-6-15-13(11-14)7-10-20(15)12-16(21)22/h5-7,10-11H,2-4,8-9,12H2,1H3,(H,19,23)(H,21,22). The Bertz CT molecular complexity index is 759. The van der Waals surface area contributed by atoms with Crippen molar-refractivity contribution < 1.29 is 19.4 Å². The Balaban J connectivity index is 1.80. The van der Waals surface area contributed by atoms with Crippen LogP contribution in [0.4, 0.5) is 5.69 Å². The summed E-state index contributed by atoms with van der Waals surface area (Å²) < 4.78 is 7.45. The van der Waals surface area contributed by atoms with Crippen molar-refractivity contribution in [1.29, 1.82) is 0 Å². The maximum Gasteiger partial charge on any atom is 0.323 e. The first kappa shape index (κ1) is 16.5. The van der Waals surface area contributed by atoms with Crippen molar-refractivity contribution in [2.24, 2.45) is 0 Å². The fraction of sp³-hybridized carbons (Fsp3) is 0.444. The molecule has 6 nitrogen and oxygen atoms in total. The zero-order valence-corrected chi connectivity index (χ0v) is 13.7. The van der Waals surface area contributed by atoms with Gasteiger partial charge >= 0.3 is 5.97 Å². The van der Waals surface area contributed by atoms with Crippen LogP contribution in [-0.2, 0) is 20.9 Å². The molecular weight excluding hydrogens is 308 g/mol. The number of ether oxygens (including phenoxy) is 1. The number of carboxylic acid groups (broad SMARTS) is 1. The molecule has 6 heteroatoms. The van der Waals surface area contributed by atoms with Crippen LogP contribution in [0.15, 0.2) is 30.5 Å². The number of benzene rings is 1. The van der Waals surface area contributed by atoms with E-state index in [-0.39, 0.29) is 12.5 Å². The van der Waals surface area contributed by atoms with E-state index in [4.69, 9.17) is 9.84 Å². The SMILES string of the molecule is CCOC1(C(=O)Nc2ccc3c(ccn3CC(=O)O)c2)CCCC1. The number of aliphatic carboxylic acids is 1. The van der Waals surface area contributed by atoms with Gasteiger partial charge < -0.3 is 19.7 Å². The maximum absolute atomic E-state index is 12.7. The smallest absolute Gasteiger partial charge is 0.323 e. The van der Waals surface area contributed by atoms with Crippen molar-refractivity contribution in [2.75, 3.05) is 11.9 Å². The lowest BCUT2D eigenvalue weighted by Gasteiger charge is -2.27. The number of hydrogen-bond acceptors (Lipinski definition) is 3. The van der Waals surface area contributed by atoms with Crippen molar-refractivity contribution in [1.82, 2.24) is 4.57 Å². The Morgan fingerprint density at radius 1 is 1.29 bits per heavy atom. The zero-order valence-electron chi connectivity index (χ0n) is 13.7. The summed E-state index contributed by atoms with van der Waals surface area (Å²) in [5, 5.41) is 12.8. The summed E-state index contributed by atoms with van der Waals surface area (Å²) in [5.41, 5.74) is 0.821. The van der Waals surface area contributed by atoms with Gasteiger partial charge in [0, 0.05) is 29.4 Å². The number of carbonyl (C=O) groups excluding carboxylic acids is 1. The minimum atomic E-state index is -0.884. The molecule has 0 radical (unpaired) electrons. The van der Waals surface area contributed by atoms with E-state index in [0.29, 0.717) is 12.3 Å². The van der Waals surface area contributed by atoms with Crippen molar-refractivity contribution in [2.45, 2.75) is 44.8 Å². The van der Waals surface area contributed by atoms with Gasteiger partial charge in [0.15, 0.2) is 0 Å². The highest BCUT2D eigenvalue weighted by atomic mass is 16.5. The van der Waals surface area contributed by atoms with E-state index in [9.17, 15) is 9.59 Å². The monoisotopic (exact) mass is 330 g/mol. The molecule has 1 amide bonds. The van der Waals surface area contributed by atoms with Crippen molar-refractivity contribution >= 4 is 28.5 Å². The molecule has 1 fully saturated rings. The topological polar surface area (TPSA) is 80.6 Å². The normalized spacial score (nSPS) is 16.4. The number of carboxylic acids is 1. The second-order valence-corrected chi connectivity index (χ2v) is 6.20. The molecule has 1 heterocycles. The van der Waals surface area contributed by atoms with Crippen LogP contribution >= 0.6 is 0 Å². The molecule has 3 rings (SSSR count). The van der Waals surface area contributed by atoms with Crippen LogP contribution in [0.2, 0.25) is 0 Å². The third-order valence-corrected chi connectivity index (χ3v) is 4.58. The number of amides is 1. The van der Waals surface area contributed by atoms with Crippen LogP contribution in [0, 0.1) is 0 Å². The lowest BCUT2D eigenvalue weighted by Crippen LogP contribution is -2.43. The van der Waals surface area contributed by atoms with E-state index in [2.05, 4.69) is 5.32 Å². The molecule has 0 atom stereocenters. The van der Waals surface area contributed by atoms with Crippen LogP contribution in [0.3, 0.4) is 0 Å². The lowest BCUT2D eigenvalue weighted by molar-refractivity contribution is -0.140. The molecule has 1 aromatic carbocycles. The first-order valence-corrected chi connectivity index (χ1v) is 8.30. The average molecular weight is 330 g/mol. The number of nitrogens with one attached hydrogen (secondary N) is 1. The van der Waals surface area contributed by atoms with Crippen LogP contribution in [0.5, 0.6) is 0 Å². The van der Waals surface area contributed by atoms with Crippen molar-refractivity contribution in [3.8, 4) is 0 Å². The third-order valence-electron chi connectivity index (χ3n) is 4.58. The molecule has 1 aliphatic rings. The molecule has 24 heavy (non-hydrogen) atoms. The molecule has 1 saturated carbocycles. The summed E-state index contributed by atoms with van der Waals surface area (Å²) in [7, 11) is 0. The fourth-order valence-electron chi connectivity index (χ4n) is 3.47. The molecule has 2 aromatic rings. The summed E-state index contributed by atoms with van der Waals surface area (Å²) in [6.45, 7) is 2.34. The van der Waals surface area contributed by atoms with Crippen molar-refractivity contribution in [3.63, 3.8) is 0 Å². The molecule has 0 unspecified atom stereocenters. The Hall–Kier alpha value is -2.34. The molecule has 0 saturated heterocycles. The van der Waals surface area contributed by atoms with E-state index in [1.807, 2.05) is 25.1 Å². The minimum absolute atomic E-state index is 0.0807. The van der Waals surface area contributed by atoms with Gasteiger partial charge in [-0.15, -0.1) is 0 Å². The summed E-state index contributed by atoms with van der Waals surface area (Å²) in [4.78, 5) is 23.6. The van der Waals surface area contributed by atoms with Crippen LogP contribution in [0.1, 0.15) is 32.6 Å². The summed E-state index contributed by atoms with van der Waals surface area (Å²) in [6.07, 6.45) is 5.26. The summed E-state index contributed by atoms with van der Waals surface area (Å²) >= 11 is 0. The predicted octanol–water partition coefficient (Wildman–Crippen LogP) is 3.01. The second-order valence-electron chi connectivity index (χ2n) is 6.20. The summed E-state index contributed by atoms with van der Waals surface area (Å²) in [6, 6.07) is 7.34. The van der Waals surface area contributed by atoms with Crippen LogP contribution in [-0.4, -0.2) is 33.8 Å². The maximum atomic E-state index is 12.7. The predicted molar refractivity (Wildman–Crippen MR) is 91.0 cm³/mol. The van der Waals surface area contributed by atoms with Gasteiger partial charge in [0.2, 0.25) is 0 Å². The molecule has 2 N–H and O–H groups in total. The number of fused-ring (bicyclic) bond motifs is 1. The van der Waals surface area contributed by atoms with Crippen LogP contribution < -0.4 is 5.32 Å². The van der Waals surface area contributed by atoms with Crippen molar-refractivity contribution in [3.05, 3.63) is 30.5 Å². The first-order valence-electron chi connectivity index (χ1n) is 8.30.